The molecule has 5 nitrogen and oxygen atoms in total. The molecule has 2 heterocycles. The molecule has 0 saturated heterocycles. The van der Waals surface area contributed by atoms with Crippen molar-refractivity contribution < 1.29 is 9.32 Å². The van der Waals surface area contributed by atoms with E-state index in [9.17, 15) is 4.79 Å². The van der Waals surface area contributed by atoms with Gasteiger partial charge in [-0.3, -0.25) is 4.79 Å². The SMILES string of the molecule is O=C(NC1CCCc2c1[nH]c1ccc(Br)cc21)c1ccno1. The Hall–Kier alpha value is -2.08. The van der Waals surface area contributed by atoms with E-state index in [-0.39, 0.29) is 17.7 Å². The zero-order valence-corrected chi connectivity index (χ0v) is 13.3. The van der Waals surface area contributed by atoms with Crippen LogP contribution in [0.4, 0.5) is 0 Å². The van der Waals surface area contributed by atoms with Crippen LogP contribution in [0.5, 0.6) is 0 Å². The largest absolute Gasteiger partial charge is 0.356 e. The lowest BCUT2D eigenvalue weighted by atomic mass is 9.91. The number of halogens is 1. The van der Waals surface area contributed by atoms with Gasteiger partial charge in [-0.1, -0.05) is 21.1 Å². The van der Waals surface area contributed by atoms with Crippen LogP contribution in [0.15, 0.2) is 39.5 Å². The van der Waals surface area contributed by atoms with Crippen LogP contribution in [0, 0.1) is 0 Å². The second-order valence-electron chi connectivity index (χ2n) is 5.50. The fourth-order valence-corrected chi connectivity index (χ4v) is 3.50. The third-order valence-corrected chi connectivity index (χ3v) is 4.63. The van der Waals surface area contributed by atoms with Crippen LogP contribution in [0.3, 0.4) is 0 Å². The summed E-state index contributed by atoms with van der Waals surface area (Å²) in [6.45, 7) is 0. The van der Waals surface area contributed by atoms with E-state index < -0.39 is 0 Å². The van der Waals surface area contributed by atoms with Gasteiger partial charge in [0.15, 0.2) is 0 Å². The van der Waals surface area contributed by atoms with Crippen molar-refractivity contribution in [2.45, 2.75) is 25.3 Å². The molecule has 0 fully saturated rings. The highest BCUT2D eigenvalue weighted by atomic mass is 79.9. The lowest BCUT2D eigenvalue weighted by Crippen LogP contribution is -2.30. The maximum absolute atomic E-state index is 12.2. The van der Waals surface area contributed by atoms with Gasteiger partial charge in [-0.15, -0.1) is 0 Å². The Morgan fingerprint density at radius 1 is 1.41 bits per heavy atom. The van der Waals surface area contributed by atoms with Gasteiger partial charge in [0.25, 0.3) is 5.91 Å². The minimum Gasteiger partial charge on any atom is -0.356 e. The van der Waals surface area contributed by atoms with Crippen LogP contribution < -0.4 is 5.32 Å². The molecule has 4 rings (SSSR count). The fraction of sp³-hybridized carbons (Fsp3) is 0.250. The molecular formula is C16H14BrN3O2. The summed E-state index contributed by atoms with van der Waals surface area (Å²) in [6, 6.07) is 7.76. The highest BCUT2D eigenvalue weighted by Crippen LogP contribution is 2.35. The standard InChI is InChI=1S/C16H14BrN3O2/c17-9-4-5-12-11(8-9)10-2-1-3-13(15(10)19-12)20-16(21)14-6-7-18-22-14/h4-8,13,19H,1-3H2,(H,20,21). The molecule has 0 bridgehead atoms. The smallest absolute Gasteiger partial charge is 0.290 e. The predicted molar refractivity (Wildman–Crippen MR) is 85.6 cm³/mol. The molecule has 1 aromatic carbocycles. The molecule has 1 unspecified atom stereocenters. The van der Waals surface area contributed by atoms with E-state index in [0.29, 0.717) is 0 Å². The Bertz CT molecular complexity index is 839. The number of fused-ring (bicyclic) bond motifs is 3. The zero-order valence-electron chi connectivity index (χ0n) is 11.7. The molecule has 6 heteroatoms. The minimum absolute atomic E-state index is 0.0208. The molecule has 0 aliphatic heterocycles. The molecule has 0 spiro atoms. The van der Waals surface area contributed by atoms with Crippen LogP contribution >= 0.6 is 15.9 Å². The van der Waals surface area contributed by atoms with Crippen LogP contribution in [0.2, 0.25) is 0 Å². The molecule has 1 atom stereocenters. The number of rotatable bonds is 2. The van der Waals surface area contributed by atoms with Crippen molar-refractivity contribution in [1.82, 2.24) is 15.5 Å². The number of aromatic nitrogens is 2. The van der Waals surface area contributed by atoms with Crippen LogP contribution in [-0.2, 0) is 6.42 Å². The van der Waals surface area contributed by atoms with E-state index in [1.54, 1.807) is 6.07 Å². The average molecular weight is 360 g/mol. The first kappa shape index (κ1) is 13.6. The summed E-state index contributed by atoms with van der Waals surface area (Å²) in [6.07, 6.45) is 4.47. The second kappa shape index (κ2) is 5.28. The summed E-state index contributed by atoms with van der Waals surface area (Å²) in [7, 11) is 0. The number of hydrogen-bond acceptors (Lipinski definition) is 3. The summed E-state index contributed by atoms with van der Waals surface area (Å²) >= 11 is 3.52. The molecule has 112 valence electrons. The summed E-state index contributed by atoms with van der Waals surface area (Å²) < 4.78 is 5.99. The monoisotopic (exact) mass is 359 g/mol. The Labute approximate surface area is 135 Å². The molecular weight excluding hydrogens is 346 g/mol. The number of hydrogen-bond donors (Lipinski definition) is 2. The number of nitrogens with one attached hydrogen (secondary N) is 2. The maximum atomic E-state index is 12.2. The van der Waals surface area contributed by atoms with Crippen molar-refractivity contribution in [2.75, 3.05) is 0 Å². The van der Waals surface area contributed by atoms with E-state index in [1.165, 1.54) is 17.1 Å². The van der Waals surface area contributed by atoms with E-state index in [2.05, 4.69) is 43.5 Å². The van der Waals surface area contributed by atoms with Crippen molar-refractivity contribution in [3.63, 3.8) is 0 Å². The van der Waals surface area contributed by atoms with Crippen molar-refractivity contribution in [3.05, 3.63) is 52.0 Å². The number of nitrogens with zero attached hydrogens (tertiary/aromatic N) is 1. The molecule has 2 aromatic heterocycles. The lowest BCUT2D eigenvalue weighted by molar-refractivity contribution is 0.0894. The van der Waals surface area contributed by atoms with Gasteiger partial charge in [-0.05, 0) is 43.0 Å². The highest BCUT2D eigenvalue weighted by Gasteiger charge is 2.26. The predicted octanol–water partition coefficient (Wildman–Crippen LogP) is 3.73. The van der Waals surface area contributed by atoms with Gasteiger partial charge in [0, 0.05) is 27.1 Å². The van der Waals surface area contributed by atoms with Gasteiger partial charge in [0.2, 0.25) is 5.76 Å². The number of aromatic amines is 1. The van der Waals surface area contributed by atoms with Gasteiger partial charge in [-0.25, -0.2) is 0 Å². The first-order valence-corrected chi connectivity index (χ1v) is 8.03. The lowest BCUT2D eigenvalue weighted by Gasteiger charge is -2.23. The van der Waals surface area contributed by atoms with E-state index >= 15 is 0 Å². The Balaban J connectivity index is 1.70. The van der Waals surface area contributed by atoms with Gasteiger partial charge in [0.1, 0.15) is 0 Å². The average Bonchev–Trinajstić information content (AvgIpc) is 3.15. The van der Waals surface area contributed by atoms with Crippen molar-refractivity contribution in [1.29, 1.82) is 0 Å². The normalized spacial score (nSPS) is 17.4. The van der Waals surface area contributed by atoms with E-state index in [4.69, 9.17) is 4.52 Å². The van der Waals surface area contributed by atoms with Crippen molar-refractivity contribution in [3.8, 4) is 0 Å². The number of aryl methyl sites for hydroxylation is 1. The summed E-state index contributed by atoms with van der Waals surface area (Å²) in [4.78, 5) is 15.6. The Morgan fingerprint density at radius 3 is 3.14 bits per heavy atom. The zero-order chi connectivity index (χ0) is 15.1. The molecule has 0 saturated carbocycles. The maximum Gasteiger partial charge on any atom is 0.290 e. The first-order chi connectivity index (χ1) is 10.7. The number of benzene rings is 1. The number of amides is 1. The van der Waals surface area contributed by atoms with Crippen LogP contribution in [0.1, 0.15) is 40.7 Å². The Kier molecular flexibility index (Phi) is 3.26. The van der Waals surface area contributed by atoms with Gasteiger partial charge >= 0.3 is 0 Å². The van der Waals surface area contributed by atoms with Crippen LogP contribution in [0.25, 0.3) is 10.9 Å². The van der Waals surface area contributed by atoms with Crippen LogP contribution in [-0.4, -0.2) is 16.0 Å². The van der Waals surface area contributed by atoms with E-state index in [0.717, 1.165) is 34.9 Å². The Morgan fingerprint density at radius 2 is 2.32 bits per heavy atom. The molecule has 3 aromatic rings. The molecule has 22 heavy (non-hydrogen) atoms. The third-order valence-electron chi connectivity index (χ3n) is 4.14. The first-order valence-electron chi connectivity index (χ1n) is 7.24. The van der Waals surface area contributed by atoms with Gasteiger partial charge in [-0.2, -0.15) is 0 Å². The van der Waals surface area contributed by atoms with Crippen molar-refractivity contribution >= 4 is 32.7 Å². The molecule has 1 aliphatic carbocycles. The summed E-state index contributed by atoms with van der Waals surface area (Å²) in [5, 5.41) is 7.84. The molecule has 0 radical (unpaired) electrons. The number of H-pyrrole nitrogens is 1. The quantitative estimate of drug-likeness (QED) is 0.732. The number of carbonyl (C=O) groups excluding carboxylic acids is 1. The topological polar surface area (TPSA) is 70.9 Å². The third kappa shape index (κ3) is 2.23. The minimum atomic E-state index is -0.227. The van der Waals surface area contributed by atoms with Crippen molar-refractivity contribution in [2.24, 2.45) is 0 Å². The molecule has 1 amide bonds. The highest BCUT2D eigenvalue weighted by molar-refractivity contribution is 9.10. The van der Waals surface area contributed by atoms with Gasteiger partial charge < -0.3 is 14.8 Å². The molecule has 2 N–H and O–H groups in total. The van der Waals surface area contributed by atoms with Gasteiger partial charge in [0.05, 0.1) is 12.2 Å². The number of carbonyl (C=O) groups is 1. The fourth-order valence-electron chi connectivity index (χ4n) is 3.14. The summed E-state index contributed by atoms with van der Waals surface area (Å²) in [5.41, 5.74) is 3.51. The van der Waals surface area contributed by atoms with E-state index in [1.807, 2.05) is 6.07 Å². The summed E-state index contributed by atoms with van der Waals surface area (Å²) in [5.74, 6) is 0.0150. The second-order valence-corrected chi connectivity index (χ2v) is 6.42. The molecule has 1 aliphatic rings.